The Morgan fingerprint density at radius 2 is 2.14 bits per heavy atom. The molecule has 2 N–H and O–H groups in total. The van der Waals surface area contributed by atoms with Gasteiger partial charge in [-0.1, -0.05) is 6.92 Å². The van der Waals surface area contributed by atoms with Crippen LogP contribution in [0.2, 0.25) is 0 Å². The summed E-state index contributed by atoms with van der Waals surface area (Å²) in [5.41, 5.74) is 0.988. The van der Waals surface area contributed by atoms with E-state index in [-0.39, 0.29) is 19.1 Å². The molecule has 0 aliphatic carbocycles. The molecule has 0 bridgehead atoms. The van der Waals surface area contributed by atoms with Crippen LogP contribution in [0, 0.1) is 0 Å². The fourth-order valence-corrected chi connectivity index (χ4v) is 1.51. The minimum Gasteiger partial charge on any atom is -0.383 e. The molecule has 0 spiro atoms. The lowest BCUT2D eigenvalue weighted by Gasteiger charge is -2.11. The number of halogens is 3. The largest absolute Gasteiger partial charge is 0.411 e. The van der Waals surface area contributed by atoms with Crippen LogP contribution in [0.1, 0.15) is 23.7 Å². The van der Waals surface area contributed by atoms with Crippen LogP contribution in [0.25, 0.3) is 0 Å². The molecular formula is C13H18F3N3O2. The predicted molar refractivity (Wildman–Crippen MR) is 72.2 cm³/mol. The Hall–Kier alpha value is -1.83. The highest BCUT2D eigenvalue weighted by molar-refractivity contribution is 5.99. The molecule has 8 heteroatoms. The number of rotatable bonds is 8. The minimum atomic E-state index is -4.35. The zero-order valence-electron chi connectivity index (χ0n) is 11.7. The van der Waals surface area contributed by atoms with Crippen molar-refractivity contribution >= 4 is 11.6 Å². The van der Waals surface area contributed by atoms with E-state index in [0.29, 0.717) is 17.8 Å². The van der Waals surface area contributed by atoms with E-state index in [1.165, 1.54) is 12.4 Å². The highest BCUT2D eigenvalue weighted by Gasteiger charge is 2.27. The fraction of sp³-hybridized carbons (Fsp3) is 0.538. The van der Waals surface area contributed by atoms with Crippen molar-refractivity contribution in [1.29, 1.82) is 0 Å². The summed E-state index contributed by atoms with van der Waals surface area (Å²) in [5, 5.41) is 5.56. The Bertz CT molecular complexity index is 453. The first-order valence-electron chi connectivity index (χ1n) is 6.54. The van der Waals surface area contributed by atoms with Crippen LogP contribution in [0.4, 0.5) is 18.9 Å². The lowest BCUT2D eigenvalue weighted by Crippen LogP contribution is -2.29. The Kier molecular flexibility index (Phi) is 6.93. The molecule has 0 aliphatic heterocycles. The maximum atomic E-state index is 11.9. The van der Waals surface area contributed by atoms with E-state index in [1.807, 2.05) is 6.92 Å². The molecule has 1 aromatic heterocycles. The standard InChI is InChI=1S/C13H18F3N3O2/c1-2-4-18-11-8-17-5-3-10(11)12(20)19-6-7-21-9-13(14,15)16/h3,5,8,18H,2,4,6-7,9H2,1H3,(H,19,20). The summed E-state index contributed by atoms with van der Waals surface area (Å²) in [6.07, 6.45) is -0.454. The van der Waals surface area contributed by atoms with Gasteiger partial charge in [0.05, 0.1) is 24.1 Å². The second-order valence-corrected chi connectivity index (χ2v) is 4.27. The van der Waals surface area contributed by atoms with E-state index >= 15 is 0 Å². The average Bonchev–Trinajstić information content (AvgIpc) is 2.43. The van der Waals surface area contributed by atoms with E-state index in [9.17, 15) is 18.0 Å². The summed E-state index contributed by atoms with van der Waals surface area (Å²) in [7, 11) is 0. The normalized spacial score (nSPS) is 11.2. The predicted octanol–water partition coefficient (Wildman–Crippen LogP) is 2.21. The Morgan fingerprint density at radius 1 is 1.38 bits per heavy atom. The molecule has 1 amide bonds. The molecule has 0 radical (unpaired) electrons. The average molecular weight is 305 g/mol. The van der Waals surface area contributed by atoms with Gasteiger partial charge in [0.2, 0.25) is 0 Å². The van der Waals surface area contributed by atoms with Gasteiger partial charge in [-0.3, -0.25) is 9.78 Å². The number of hydrogen-bond donors (Lipinski definition) is 2. The van der Waals surface area contributed by atoms with Gasteiger partial charge in [-0.2, -0.15) is 13.2 Å². The van der Waals surface area contributed by atoms with Crippen LogP contribution in [-0.2, 0) is 4.74 Å². The van der Waals surface area contributed by atoms with Crippen molar-refractivity contribution in [2.75, 3.05) is 31.6 Å². The van der Waals surface area contributed by atoms with Gasteiger partial charge < -0.3 is 15.4 Å². The molecule has 1 rings (SSSR count). The fourth-order valence-electron chi connectivity index (χ4n) is 1.51. The van der Waals surface area contributed by atoms with Crippen molar-refractivity contribution in [2.24, 2.45) is 0 Å². The molecule has 0 saturated carbocycles. The number of anilines is 1. The van der Waals surface area contributed by atoms with E-state index in [4.69, 9.17) is 0 Å². The molecule has 5 nitrogen and oxygen atoms in total. The smallest absolute Gasteiger partial charge is 0.383 e. The van der Waals surface area contributed by atoms with E-state index in [2.05, 4.69) is 20.4 Å². The number of carbonyl (C=O) groups is 1. The molecule has 118 valence electrons. The molecular weight excluding hydrogens is 287 g/mol. The monoisotopic (exact) mass is 305 g/mol. The van der Waals surface area contributed by atoms with Gasteiger partial charge in [-0.05, 0) is 12.5 Å². The molecule has 1 aromatic rings. The lowest BCUT2D eigenvalue weighted by molar-refractivity contribution is -0.173. The second kappa shape index (κ2) is 8.46. The van der Waals surface area contributed by atoms with E-state index in [0.717, 1.165) is 6.42 Å². The van der Waals surface area contributed by atoms with Gasteiger partial charge in [0.1, 0.15) is 6.61 Å². The number of nitrogens with one attached hydrogen (secondary N) is 2. The van der Waals surface area contributed by atoms with Gasteiger partial charge >= 0.3 is 6.18 Å². The Labute approximate surface area is 120 Å². The summed E-state index contributed by atoms with van der Waals surface area (Å²) in [5.74, 6) is -0.383. The number of carbonyl (C=O) groups excluding carboxylic acids is 1. The van der Waals surface area contributed by atoms with Crippen LogP contribution in [0.5, 0.6) is 0 Å². The number of amides is 1. The highest BCUT2D eigenvalue weighted by atomic mass is 19.4. The molecule has 21 heavy (non-hydrogen) atoms. The molecule has 0 fully saturated rings. The second-order valence-electron chi connectivity index (χ2n) is 4.27. The third-order valence-electron chi connectivity index (χ3n) is 2.43. The zero-order valence-corrected chi connectivity index (χ0v) is 11.7. The maximum absolute atomic E-state index is 11.9. The third-order valence-corrected chi connectivity index (χ3v) is 2.43. The van der Waals surface area contributed by atoms with Crippen molar-refractivity contribution in [3.05, 3.63) is 24.0 Å². The van der Waals surface area contributed by atoms with Crippen molar-refractivity contribution in [1.82, 2.24) is 10.3 Å². The number of pyridine rings is 1. The summed E-state index contributed by atoms with van der Waals surface area (Å²) < 4.78 is 40.0. The van der Waals surface area contributed by atoms with Crippen LogP contribution in [0.15, 0.2) is 18.5 Å². The van der Waals surface area contributed by atoms with Crippen LogP contribution in [-0.4, -0.2) is 43.4 Å². The minimum absolute atomic E-state index is 0.00442. The summed E-state index contributed by atoms with van der Waals surface area (Å²) in [4.78, 5) is 15.9. The zero-order chi connectivity index (χ0) is 15.7. The molecule has 0 aromatic carbocycles. The van der Waals surface area contributed by atoms with E-state index < -0.39 is 12.8 Å². The summed E-state index contributed by atoms with van der Waals surface area (Å²) >= 11 is 0. The number of alkyl halides is 3. The topological polar surface area (TPSA) is 63.2 Å². The summed E-state index contributed by atoms with van der Waals surface area (Å²) in [6, 6.07) is 1.55. The molecule has 0 saturated heterocycles. The number of nitrogens with zero attached hydrogens (tertiary/aromatic N) is 1. The quantitative estimate of drug-likeness (QED) is 0.723. The lowest BCUT2D eigenvalue weighted by atomic mass is 10.2. The number of hydrogen-bond acceptors (Lipinski definition) is 4. The van der Waals surface area contributed by atoms with Crippen molar-refractivity contribution in [2.45, 2.75) is 19.5 Å². The van der Waals surface area contributed by atoms with Crippen molar-refractivity contribution in [3.63, 3.8) is 0 Å². The number of ether oxygens (including phenoxy) is 1. The highest BCUT2D eigenvalue weighted by Crippen LogP contribution is 2.14. The summed E-state index contributed by atoms with van der Waals surface area (Å²) in [6.45, 7) is 1.17. The van der Waals surface area contributed by atoms with Gasteiger partial charge in [0.15, 0.2) is 0 Å². The molecule has 0 atom stereocenters. The number of aromatic nitrogens is 1. The molecule has 0 aliphatic rings. The Morgan fingerprint density at radius 3 is 2.81 bits per heavy atom. The first-order valence-corrected chi connectivity index (χ1v) is 6.54. The third kappa shape index (κ3) is 6.94. The maximum Gasteiger partial charge on any atom is 0.411 e. The van der Waals surface area contributed by atoms with Gasteiger partial charge in [-0.25, -0.2) is 0 Å². The van der Waals surface area contributed by atoms with Crippen LogP contribution < -0.4 is 10.6 Å². The van der Waals surface area contributed by atoms with Gasteiger partial charge in [0.25, 0.3) is 5.91 Å². The molecule has 1 heterocycles. The van der Waals surface area contributed by atoms with E-state index in [1.54, 1.807) is 6.07 Å². The van der Waals surface area contributed by atoms with Crippen molar-refractivity contribution in [3.8, 4) is 0 Å². The van der Waals surface area contributed by atoms with Gasteiger partial charge in [0, 0.05) is 19.3 Å². The molecule has 0 unspecified atom stereocenters. The first-order chi connectivity index (χ1) is 9.94. The SMILES string of the molecule is CCCNc1cnccc1C(=O)NCCOCC(F)(F)F. The van der Waals surface area contributed by atoms with Crippen LogP contribution >= 0.6 is 0 Å². The van der Waals surface area contributed by atoms with Crippen LogP contribution in [0.3, 0.4) is 0 Å². The van der Waals surface area contributed by atoms with Crippen molar-refractivity contribution < 1.29 is 22.7 Å². The van der Waals surface area contributed by atoms with Gasteiger partial charge in [-0.15, -0.1) is 0 Å². The first kappa shape index (κ1) is 17.2. The Balaban J connectivity index is 2.41.